The highest BCUT2D eigenvalue weighted by Crippen LogP contribution is 2.26. The number of allylic oxidation sites excluding steroid dienone is 4. The first kappa shape index (κ1) is 19.7. The number of carbonyl (C=O) groups is 1. The monoisotopic (exact) mass is 376 g/mol. The lowest BCUT2D eigenvalue weighted by molar-refractivity contribution is -0.384. The van der Waals surface area contributed by atoms with Crippen molar-refractivity contribution >= 4 is 27.2 Å². The van der Waals surface area contributed by atoms with Gasteiger partial charge in [-0.15, -0.1) is 0 Å². The molecule has 8 heteroatoms. The molecule has 0 unspecified atom stereocenters. The molecule has 2 rings (SSSR count). The lowest BCUT2D eigenvalue weighted by atomic mass is 9.84. The summed E-state index contributed by atoms with van der Waals surface area (Å²) in [6.07, 6.45) is 2.98. The molecule has 1 aromatic rings. The summed E-state index contributed by atoms with van der Waals surface area (Å²) in [5.74, 6) is -0.240. The Balaban J connectivity index is 2.51. The van der Waals surface area contributed by atoms with Gasteiger partial charge in [0.1, 0.15) is 0 Å². The maximum absolute atomic E-state index is 12.5. The second-order valence-electron chi connectivity index (χ2n) is 6.58. The number of benzene rings is 1. The Morgan fingerprint density at radius 1 is 0.962 bits per heavy atom. The molecule has 0 amide bonds. The second kappa shape index (κ2) is 7.33. The fourth-order valence-corrected chi connectivity index (χ4v) is 3.47. The predicted octanol–water partition coefficient (Wildman–Crippen LogP) is 3.47. The van der Waals surface area contributed by atoms with Gasteiger partial charge in [-0.2, -0.15) is 12.8 Å². The van der Waals surface area contributed by atoms with Crippen LogP contribution in [0.1, 0.15) is 27.7 Å². The summed E-state index contributed by atoms with van der Waals surface area (Å²) in [5.41, 5.74) is 0.988. The van der Waals surface area contributed by atoms with Gasteiger partial charge in [0.15, 0.2) is 5.78 Å². The molecular formula is C18H20N2O5S. The molecule has 0 saturated heterocycles. The van der Waals surface area contributed by atoms with Crippen molar-refractivity contribution in [2.24, 2.45) is 16.2 Å². The van der Waals surface area contributed by atoms with Crippen LogP contribution in [-0.2, 0) is 14.8 Å². The van der Waals surface area contributed by atoms with E-state index in [-0.39, 0.29) is 33.9 Å². The van der Waals surface area contributed by atoms with Crippen LogP contribution in [0.25, 0.3) is 0 Å². The highest BCUT2D eigenvalue weighted by atomic mass is 32.2. The van der Waals surface area contributed by atoms with Crippen LogP contribution in [0, 0.1) is 22.0 Å². The van der Waals surface area contributed by atoms with E-state index in [1.54, 1.807) is 0 Å². The fraction of sp³-hybridized carbons (Fsp3) is 0.333. The Bertz CT molecular complexity index is 906. The maximum Gasteiger partial charge on any atom is 0.282 e. The number of nitrogens with zero attached hydrogens (tertiary/aromatic N) is 2. The van der Waals surface area contributed by atoms with Crippen molar-refractivity contribution in [3.63, 3.8) is 0 Å². The lowest BCUT2D eigenvalue weighted by Crippen LogP contribution is -2.21. The lowest BCUT2D eigenvalue weighted by Gasteiger charge is -2.19. The quantitative estimate of drug-likeness (QED) is 0.444. The Kier molecular flexibility index (Phi) is 5.56. The third-order valence-electron chi connectivity index (χ3n) is 3.95. The molecule has 0 aromatic heterocycles. The molecule has 0 fully saturated rings. The zero-order valence-corrected chi connectivity index (χ0v) is 15.8. The van der Waals surface area contributed by atoms with E-state index in [1.807, 2.05) is 27.7 Å². The van der Waals surface area contributed by atoms with E-state index in [1.165, 1.54) is 12.2 Å². The molecule has 0 radical (unpaired) electrons. The molecule has 0 saturated carbocycles. The molecule has 0 bridgehead atoms. The van der Waals surface area contributed by atoms with E-state index in [0.717, 1.165) is 24.3 Å². The third-order valence-corrected chi connectivity index (χ3v) is 5.27. The van der Waals surface area contributed by atoms with Gasteiger partial charge in [-0.3, -0.25) is 14.9 Å². The van der Waals surface area contributed by atoms with Crippen LogP contribution in [-0.4, -0.2) is 24.8 Å². The predicted molar refractivity (Wildman–Crippen MR) is 98.6 cm³/mol. The van der Waals surface area contributed by atoms with Gasteiger partial charge >= 0.3 is 0 Å². The van der Waals surface area contributed by atoms with Gasteiger partial charge in [0, 0.05) is 23.3 Å². The molecule has 138 valence electrons. The van der Waals surface area contributed by atoms with Crippen molar-refractivity contribution < 1.29 is 18.1 Å². The number of rotatable bonds is 5. The van der Waals surface area contributed by atoms with Crippen molar-refractivity contribution in [1.82, 2.24) is 0 Å². The number of ketones is 1. The highest BCUT2D eigenvalue weighted by Gasteiger charge is 2.26. The van der Waals surface area contributed by atoms with Crippen LogP contribution in [0.2, 0.25) is 0 Å². The number of nitro groups is 1. The first-order valence-electron chi connectivity index (χ1n) is 8.10. The summed E-state index contributed by atoms with van der Waals surface area (Å²) in [5, 5.41) is 10.7. The number of nitro benzene ring substituents is 1. The summed E-state index contributed by atoms with van der Waals surface area (Å²) >= 11 is 0. The van der Waals surface area contributed by atoms with Gasteiger partial charge in [-0.1, -0.05) is 27.7 Å². The van der Waals surface area contributed by atoms with Gasteiger partial charge in [-0.05, 0) is 36.1 Å². The van der Waals surface area contributed by atoms with Crippen LogP contribution in [0.4, 0.5) is 5.69 Å². The molecule has 0 spiro atoms. The first-order chi connectivity index (χ1) is 12.0. The van der Waals surface area contributed by atoms with Crippen LogP contribution >= 0.6 is 0 Å². The molecule has 0 atom stereocenters. The van der Waals surface area contributed by atoms with Crippen LogP contribution in [0.15, 0.2) is 56.9 Å². The summed E-state index contributed by atoms with van der Waals surface area (Å²) in [6, 6.07) is 4.52. The minimum Gasteiger partial charge on any atom is -0.289 e. The first-order valence-corrected chi connectivity index (χ1v) is 9.54. The Labute approximate surface area is 152 Å². The number of sulfonamides is 1. The Morgan fingerprint density at radius 3 is 1.81 bits per heavy atom. The van der Waals surface area contributed by atoms with Gasteiger partial charge in [0.05, 0.1) is 15.5 Å². The average molecular weight is 376 g/mol. The Morgan fingerprint density at radius 2 is 1.42 bits per heavy atom. The van der Waals surface area contributed by atoms with Crippen LogP contribution < -0.4 is 0 Å². The minimum atomic E-state index is -4.05. The fourth-order valence-electron chi connectivity index (χ4n) is 2.50. The van der Waals surface area contributed by atoms with Crippen molar-refractivity contribution in [3.8, 4) is 0 Å². The van der Waals surface area contributed by atoms with Crippen LogP contribution in [0.3, 0.4) is 0 Å². The normalized spacial score (nSPS) is 15.2. The maximum atomic E-state index is 12.5. The number of non-ortho nitro benzene ring substituents is 1. The van der Waals surface area contributed by atoms with Gasteiger partial charge < -0.3 is 0 Å². The SMILES string of the molecule is CC(C)C1=CC(=NS(=O)(=O)c2ccc([N+](=O)[O-])cc2)C=C(C(C)C)C1=O. The van der Waals surface area contributed by atoms with E-state index >= 15 is 0 Å². The summed E-state index contributed by atoms with van der Waals surface area (Å²) in [4.78, 5) is 22.4. The van der Waals surface area contributed by atoms with E-state index in [9.17, 15) is 23.3 Å². The van der Waals surface area contributed by atoms with Crippen molar-refractivity contribution in [2.45, 2.75) is 32.6 Å². The summed E-state index contributed by atoms with van der Waals surface area (Å²) in [6.45, 7) is 7.43. The number of hydrogen-bond acceptors (Lipinski definition) is 5. The van der Waals surface area contributed by atoms with Crippen LogP contribution in [0.5, 0.6) is 0 Å². The molecule has 1 aliphatic rings. The highest BCUT2D eigenvalue weighted by molar-refractivity contribution is 7.90. The van der Waals surface area contributed by atoms with E-state index < -0.39 is 14.9 Å². The second-order valence-corrected chi connectivity index (χ2v) is 8.18. The summed E-state index contributed by atoms with van der Waals surface area (Å²) < 4.78 is 28.9. The van der Waals surface area contributed by atoms with E-state index in [0.29, 0.717) is 11.1 Å². The molecule has 0 N–H and O–H groups in total. The molecular weight excluding hydrogens is 356 g/mol. The largest absolute Gasteiger partial charge is 0.289 e. The molecule has 0 aliphatic heterocycles. The molecule has 0 heterocycles. The Hall–Kier alpha value is -2.61. The average Bonchev–Trinajstić information content (AvgIpc) is 2.55. The molecule has 7 nitrogen and oxygen atoms in total. The molecule has 26 heavy (non-hydrogen) atoms. The van der Waals surface area contributed by atoms with Gasteiger partial charge in [-0.25, -0.2) is 0 Å². The van der Waals surface area contributed by atoms with Crippen molar-refractivity contribution in [3.05, 3.63) is 57.7 Å². The third kappa shape index (κ3) is 4.13. The van der Waals surface area contributed by atoms with E-state index in [4.69, 9.17) is 0 Å². The molecule has 1 aromatic carbocycles. The topological polar surface area (TPSA) is 107 Å². The van der Waals surface area contributed by atoms with Gasteiger partial charge in [0.2, 0.25) is 0 Å². The van der Waals surface area contributed by atoms with Gasteiger partial charge in [0.25, 0.3) is 15.7 Å². The standard InChI is InChI=1S/C18H20N2O5S/c1-11(2)16-9-13(10-17(12(3)4)18(16)21)19-26(24,25)15-7-5-14(6-8-15)20(22)23/h5-12H,1-4H3. The van der Waals surface area contributed by atoms with E-state index in [2.05, 4.69) is 4.40 Å². The zero-order valence-electron chi connectivity index (χ0n) is 15.0. The smallest absolute Gasteiger partial charge is 0.282 e. The number of hydrogen-bond donors (Lipinski definition) is 0. The van der Waals surface area contributed by atoms with Crippen molar-refractivity contribution in [2.75, 3.05) is 0 Å². The zero-order chi connectivity index (χ0) is 19.6. The molecule has 1 aliphatic carbocycles. The minimum absolute atomic E-state index is 0.0720. The van der Waals surface area contributed by atoms with Crippen molar-refractivity contribution in [1.29, 1.82) is 0 Å². The number of carbonyl (C=O) groups excluding carboxylic acids is 1. The number of Topliss-reactive ketones (excluding diaryl/α,β-unsaturated/α-hetero) is 1. The summed E-state index contributed by atoms with van der Waals surface area (Å²) in [7, 11) is -4.05.